The number of amides is 3. The van der Waals surface area contributed by atoms with Gasteiger partial charge in [-0.15, -0.1) is 0 Å². The van der Waals surface area contributed by atoms with E-state index in [-0.39, 0.29) is 31.1 Å². The summed E-state index contributed by atoms with van der Waals surface area (Å²) >= 11 is 0. The molecule has 7 N–H and O–H groups in total. The molecule has 0 rings (SSSR count). The van der Waals surface area contributed by atoms with Gasteiger partial charge in [0.05, 0.1) is 6.04 Å². The van der Waals surface area contributed by atoms with Gasteiger partial charge in [0.15, 0.2) is 0 Å². The number of carboxylic acid groups (broad SMARTS) is 1. The summed E-state index contributed by atoms with van der Waals surface area (Å²) < 4.78 is 0. The van der Waals surface area contributed by atoms with Crippen LogP contribution in [-0.4, -0.2) is 46.9 Å². The zero-order valence-corrected chi connectivity index (χ0v) is 16.0. The summed E-state index contributed by atoms with van der Waals surface area (Å²) in [6.07, 6.45) is 0.905. The summed E-state index contributed by atoms with van der Waals surface area (Å²) in [5, 5.41) is 14.3. The lowest BCUT2D eigenvalue weighted by atomic mass is 9.96. The Labute approximate surface area is 154 Å². The largest absolute Gasteiger partial charge is 0.480 e. The Kier molecular flexibility index (Phi) is 10.5. The van der Waals surface area contributed by atoms with E-state index in [9.17, 15) is 24.3 Å². The predicted octanol–water partition coefficient (Wildman–Crippen LogP) is -0.274. The molecule has 0 aliphatic heterocycles. The third-order valence-electron chi connectivity index (χ3n) is 4.15. The minimum Gasteiger partial charge on any atom is -0.480 e. The number of aliphatic carboxylic acids is 1. The number of primary amides is 1. The Morgan fingerprint density at radius 1 is 1.04 bits per heavy atom. The predicted molar refractivity (Wildman–Crippen MR) is 96.8 cm³/mol. The van der Waals surface area contributed by atoms with Crippen molar-refractivity contribution in [1.82, 2.24) is 10.6 Å². The number of rotatable bonds is 12. The van der Waals surface area contributed by atoms with Gasteiger partial charge in [-0.25, -0.2) is 4.79 Å². The maximum Gasteiger partial charge on any atom is 0.326 e. The van der Waals surface area contributed by atoms with Crippen molar-refractivity contribution >= 4 is 23.7 Å². The van der Waals surface area contributed by atoms with Crippen molar-refractivity contribution in [3.8, 4) is 0 Å². The lowest BCUT2D eigenvalue weighted by molar-refractivity contribution is -0.143. The standard InChI is InChI=1S/C17H32N4O5/c1-5-10(4)14(21-15(23)11(18)6-7-13(19)22)16(24)20-12(17(25)26)8-9(2)3/h9-12,14H,5-8,18H2,1-4H3,(H2,19,22)(H,20,24)(H,21,23)(H,25,26). The number of carbonyl (C=O) groups excluding carboxylic acids is 3. The van der Waals surface area contributed by atoms with Crippen LogP contribution in [0.25, 0.3) is 0 Å². The highest BCUT2D eigenvalue weighted by Gasteiger charge is 2.31. The third-order valence-corrected chi connectivity index (χ3v) is 4.15. The second-order valence-corrected chi connectivity index (χ2v) is 7.01. The number of carboxylic acids is 1. The Balaban J connectivity index is 5.06. The first-order chi connectivity index (χ1) is 12.0. The van der Waals surface area contributed by atoms with Crippen molar-refractivity contribution in [1.29, 1.82) is 0 Å². The zero-order chi connectivity index (χ0) is 20.4. The molecule has 0 aliphatic rings. The molecule has 0 bridgehead atoms. The monoisotopic (exact) mass is 372 g/mol. The van der Waals surface area contributed by atoms with Crippen LogP contribution in [-0.2, 0) is 19.2 Å². The van der Waals surface area contributed by atoms with Crippen molar-refractivity contribution in [3.63, 3.8) is 0 Å². The molecule has 0 heterocycles. The van der Waals surface area contributed by atoms with Gasteiger partial charge in [0.1, 0.15) is 12.1 Å². The lowest BCUT2D eigenvalue weighted by Gasteiger charge is -2.27. The smallest absolute Gasteiger partial charge is 0.326 e. The van der Waals surface area contributed by atoms with Crippen LogP contribution < -0.4 is 22.1 Å². The molecule has 0 spiro atoms. The van der Waals surface area contributed by atoms with Crippen LogP contribution in [0, 0.1) is 11.8 Å². The fourth-order valence-corrected chi connectivity index (χ4v) is 2.35. The molecule has 4 atom stereocenters. The van der Waals surface area contributed by atoms with E-state index in [1.807, 2.05) is 20.8 Å². The van der Waals surface area contributed by atoms with Crippen molar-refractivity contribution in [3.05, 3.63) is 0 Å². The highest BCUT2D eigenvalue weighted by molar-refractivity contribution is 5.92. The van der Waals surface area contributed by atoms with Crippen molar-refractivity contribution in [2.45, 2.75) is 71.5 Å². The number of hydrogen-bond donors (Lipinski definition) is 5. The minimum atomic E-state index is -1.13. The van der Waals surface area contributed by atoms with Crippen LogP contribution in [0.4, 0.5) is 0 Å². The summed E-state index contributed by atoms with van der Waals surface area (Å²) in [6, 6.07) is -2.93. The van der Waals surface area contributed by atoms with Gasteiger partial charge in [-0.05, 0) is 24.7 Å². The Bertz CT molecular complexity index is 509. The van der Waals surface area contributed by atoms with Crippen LogP contribution in [0.15, 0.2) is 0 Å². The molecule has 0 aromatic carbocycles. The molecule has 0 saturated heterocycles. The van der Waals surface area contributed by atoms with Crippen molar-refractivity contribution in [2.75, 3.05) is 0 Å². The van der Waals surface area contributed by atoms with Crippen LogP contribution in [0.2, 0.25) is 0 Å². The highest BCUT2D eigenvalue weighted by atomic mass is 16.4. The SMILES string of the molecule is CCC(C)C(NC(=O)C(N)CCC(N)=O)C(=O)NC(CC(C)C)C(=O)O. The molecule has 0 aliphatic carbocycles. The van der Waals surface area contributed by atoms with E-state index in [0.717, 1.165) is 0 Å². The van der Waals surface area contributed by atoms with Crippen LogP contribution in [0.5, 0.6) is 0 Å². The quantitative estimate of drug-likeness (QED) is 0.316. The molecule has 150 valence electrons. The maximum absolute atomic E-state index is 12.6. The molecule has 0 radical (unpaired) electrons. The Morgan fingerprint density at radius 2 is 1.62 bits per heavy atom. The van der Waals surface area contributed by atoms with Gasteiger partial charge in [0.25, 0.3) is 0 Å². The molecule has 0 aromatic rings. The molecular formula is C17H32N4O5. The Morgan fingerprint density at radius 3 is 2.04 bits per heavy atom. The summed E-state index contributed by atoms with van der Waals surface area (Å²) in [4.78, 5) is 46.9. The van der Waals surface area contributed by atoms with Gasteiger partial charge in [-0.1, -0.05) is 34.1 Å². The normalized spacial score (nSPS) is 15.6. The first kappa shape index (κ1) is 23.8. The van der Waals surface area contributed by atoms with Gasteiger partial charge in [-0.2, -0.15) is 0 Å². The first-order valence-electron chi connectivity index (χ1n) is 8.86. The molecule has 4 unspecified atom stereocenters. The third kappa shape index (κ3) is 8.80. The average Bonchev–Trinajstić information content (AvgIpc) is 2.55. The van der Waals surface area contributed by atoms with Gasteiger partial charge in [-0.3, -0.25) is 14.4 Å². The fourth-order valence-electron chi connectivity index (χ4n) is 2.35. The van der Waals surface area contributed by atoms with E-state index in [2.05, 4.69) is 10.6 Å². The molecular weight excluding hydrogens is 340 g/mol. The van der Waals surface area contributed by atoms with E-state index in [4.69, 9.17) is 11.5 Å². The van der Waals surface area contributed by atoms with E-state index in [1.165, 1.54) is 0 Å². The van der Waals surface area contributed by atoms with Gasteiger partial charge >= 0.3 is 5.97 Å². The van der Waals surface area contributed by atoms with Crippen LogP contribution in [0.1, 0.15) is 53.4 Å². The molecule has 0 saturated carbocycles. The second kappa shape index (κ2) is 11.5. The second-order valence-electron chi connectivity index (χ2n) is 7.01. The first-order valence-corrected chi connectivity index (χ1v) is 8.86. The number of nitrogens with one attached hydrogen (secondary N) is 2. The Hall–Kier alpha value is -2.16. The summed E-state index contributed by atoms with van der Waals surface area (Å²) in [7, 11) is 0. The van der Waals surface area contributed by atoms with E-state index in [1.54, 1.807) is 6.92 Å². The molecule has 3 amide bonds. The number of nitrogens with two attached hydrogens (primary N) is 2. The van der Waals surface area contributed by atoms with Crippen molar-refractivity contribution in [2.24, 2.45) is 23.3 Å². The van der Waals surface area contributed by atoms with Gasteiger partial charge in [0.2, 0.25) is 17.7 Å². The molecule has 0 aromatic heterocycles. The van der Waals surface area contributed by atoms with Gasteiger partial charge in [0, 0.05) is 6.42 Å². The summed E-state index contributed by atoms with van der Waals surface area (Å²) in [5.41, 5.74) is 10.8. The molecule has 9 nitrogen and oxygen atoms in total. The van der Waals surface area contributed by atoms with Crippen LogP contribution in [0.3, 0.4) is 0 Å². The fraction of sp³-hybridized carbons (Fsp3) is 0.765. The maximum atomic E-state index is 12.6. The number of carbonyl (C=O) groups is 4. The topological polar surface area (TPSA) is 165 Å². The van der Waals surface area contributed by atoms with E-state index >= 15 is 0 Å². The van der Waals surface area contributed by atoms with E-state index < -0.39 is 41.8 Å². The zero-order valence-electron chi connectivity index (χ0n) is 16.0. The van der Waals surface area contributed by atoms with Gasteiger partial charge < -0.3 is 27.2 Å². The molecule has 26 heavy (non-hydrogen) atoms. The summed E-state index contributed by atoms with van der Waals surface area (Å²) in [5.74, 6) is -2.99. The molecule has 9 heteroatoms. The van der Waals surface area contributed by atoms with E-state index in [0.29, 0.717) is 6.42 Å². The molecule has 0 fully saturated rings. The average molecular weight is 372 g/mol. The lowest BCUT2D eigenvalue weighted by Crippen LogP contribution is -2.56. The number of hydrogen-bond acceptors (Lipinski definition) is 5. The van der Waals surface area contributed by atoms with Crippen LogP contribution >= 0.6 is 0 Å². The van der Waals surface area contributed by atoms with Crippen molar-refractivity contribution < 1.29 is 24.3 Å². The minimum absolute atomic E-state index is 0.0374. The highest BCUT2D eigenvalue weighted by Crippen LogP contribution is 2.11. The summed E-state index contributed by atoms with van der Waals surface area (Å²) in [6.45, 7) is 7.34.